The molecule has 6 nitrogen and oxygen atoms in total. The standard InChI is InChI=1S/C16H24N2O4S/c1-12-5-3-6-13(2)16(12)22-10-15(19)18-8-4-7-14(9-18)11-23(17,20)21/h3,5-6,14H,4,7-11H2,1-2H3,(H2,17,20,21)/t14-/m0/s1. The number of ether oxygens (including phenoxy) is 1. The van der Waals surface area contributed by atoms with Crippen LogP contribution in [0.2, 0.25) is 0 Å². The molecule has 23 heavy (non-hydrogen) atoms. The number of amides is 1. The zero-order valence-electron chi connectivity index (χ0n) is 13.6. The van der Waals surface area contributed by atoms with E-state index in [-0.39, 0.29) is 24.2 Å². The highest BCUT2D eigenvalue weighted by Gasteiger charge is 2.26. The van der Waals surface area contributed by atoms with E-state index in [0.717, 1.165) is 29.7 Å². The Morgan fingerprint density at radius 2 is 2.00 bits per heavy atom. The van der Waals surface area contributed by atoms with E-state index in [0.29, 0.717) is 13.1 Å². The molecule has 1 heterocycles. The monoisotopic (exact) mass is 340 g/mol. The predicted octanol–water partition coefficient (Wildman–Crippen LogP) is 1.21. The number of aryl methyl sites for hydroxylation is 2. The third kappa shape index (κ3) is 5.21. The molecule has 1 fully saturated rings. The molecule has 0 aliphatic carbocycles. The van der Waals surface area contributed by atoms with Gasteiger partial charge in [-0.15, -0.1) is 0 Å². The smallest absolute Gasteiger partial charge is 0.260 e. The highest BCUT2D eigenvalue weighted by molar-refractivity contribution is 7.89. The van der Waals surface area contributed by atoms with Crippen molar-refractivity contribution in [1.82, 2.24) is 4.90 Å². The lowest BCUT2D eigenvalue weighted by atomic mass is 10.00. The third-order valence-corrected chi connectivity index (χ3v) is 5.02. The van der Waals surface area contributed by atoms with E-state index in [1.807, 2.05) is 32.0 Å². The van der Waals surface area contributed by atoms with Crippen molar-refractivity contribution >= 4 is 15.9 Å². The van der Waals surface area contributed by atoms with Crippen molar-refractivity contribution < 1.29 is 17.9 Å². The zero-order chi connectivity index (χ0) is 17.0. The predicted molar refractivity (Wildman–Crippen MR) is 88.7 cm³/mol. The molecule has 2 rings (SSSR count). The van der Waals surface area contributed by atoms with E-state index in [2.05, 4.69) is 0 Å². The SMILES string of the molecule is Cc1cccc(C)c1OCC(=O)N1CCC[C@H](CS(N)(=O)=O)C1. The van der Waals surface area contributed by atoms with Gasteiger partial charge in [0.15, 0.2) is 6.61 Å². The Labute approximate surface area is 137 Å². The molecule has 7 heteroatoms. The molecule has 0 saturated carbocycles. The Kier molecular flexibility index (Phi) is 5.64. The number of likely N-dealkylation sites (tertiary alicyclic amines) is 1. The molecule has 1 amide bonds. The van der Waals surface area contributed by atoms with E-state index in [1.165, 1.54) is 0 Å². The summed E-state index contributed by atoms with van der Waals surface area (Å²) in [5, 5.41) is 5.10. The molecule has 1 saturated heterocycles. The van der Waals surface area contributed by atoms with Crippen molar-refractivity contribution in [2.45, 2.75) is 26.7 Å². The van der Waals surface area contributed by atoms with E-state index < -0.39 is 10.0 Å². The molecule has 0 spiro atoms. The topological polar surface area (TPSA) is 89.7 Å². The van der Waals surface area contributed by atoms with Crippen molar-refractivity contribution in [3.8, 4) is 5.75 Å². The second kappa shape index (κ2) is 7.31. The summed E-state index contributed by atoms with van der Waals surface area (Å²) in [5.41, 5.74) is 1.98. The van der Waals surface area contributed by atoms with Crippen molar-refractivity contribution in [3.05, 3.63) is 29.3 Å². The Bertz CT molecular complexity index is 652. The van der Waals surface area contributed by atoms with Gasteiger partial charge in [-0.25, -0.2) is 13.6 Å². The number of piperidine rings is 1. The molecule has 1 aliphatic rings. The number of carbonyl (C=O) groups excluding carboxylic acids is 1. The average Bonchev–Trinajstić information content (AvgIpc) is 2.45. The maximum atomic E-state index is 12.3. The lowest BCUT2D eigenvalue weighted by molar-refractivity contribution is -0.135. The van der Waals surface area contributed by atoms with Crippen molar-refractivity contribution in [2.75, 3.05) is 25.4 Å². The molecule has 0 bridgehead atoms. The molecule has 0 radical (unpaired) electrons. The number of nitrogens with two attached hydrogens (primary N) is 1. The molecular weight excluding hydrogens is 316 g/mol. The van der Waals surface area contributed by atoms with E-state index >= 15 is 0 Å². The summed E-state index contributed by atoms with van der Waals surface area (Å²) >= 11 is 0. The summed E-state index contributed by atoms with van der Waals surface area (Å²) in [6.45, 7) is 4.90. The first-order valence-corrected chi connectivity index (χ1v) is 9.45. The summed E-state index contributed by atoms with van der Waals surface area (Å²) in [7, 11) is -3.51. The number of nitrogens with zero attached hydrogens (tertiary/aromatic N) is 1. The maximum absolute atomic E-state index is 12.3. The first-order valence-electron chi connectivity index (χ1n) is 7.73. The van der Waals surface area contributed by atoms with Crippen LogP contribution in [-0.4, -0.2) is 44.7 Å². The first-order chi connectivity index (χ1) is 10.8. The highest BCUT2D eigenvalue weighted by Crippen LogP contribution is 2.23. The van der Waals surface area contributed by atoms with Gasteiger partial charge in [-0.1, -0.05) is 18.2 Å². The minimum Gasteiger partial charge on any atom is -0.483 e. The highest BCUT2D eigenvalue weighted by atomic mass is 32.2. The Hall–Kier alpha value is -1.60. The van der Waals surface area contributed by atoms with Crippen LogP contribution in [0.4, 0.5) is 0 Å². The van der Waals surface area contributed by atoms with E-state index in [4.69, 9.17) is 9.88 Å². The summed E-state index contributed by atoms with van der Waals surface area (Å²) in [5.74, 6) is 0.447. The largest absolute Gasteiger partial charge is 0.483 e. The van der Waals surface area contributed by atoms with Gasteiger partial charge in [-0.2, -0.15) is 0 Å². The number of sulfonamides is 1. The Morgan fingerprint density at radius 1 is 1.35 bits per heavy atom. The van der Waals surface area contributed by atoms with Crippen LogP contribution in [0.5, 0.6) is 5.75 Å². The molecule has 1 atom stereocenters. The number of hydrogen-bond acceptors (Lipinski definition) is 4. The normalized spacial score (nSPS) is 18.7. The van der Waals surface area contributed by atoms with Crippen LogP contribution in [0.1, 0.15) is 24.0 Å². The lowest BCUT2D eigenvalue weighted by Gasteiger charge is -2.32. The summed E-state index contributed by atoms with van der Waals surface area (Å²) in [6, 6.07) is 5.83. The second-order valence-electron chi connectivity index (χ2n) is 6.19. The van der Waals surface area contributed by atoms with Crippen molar-refractivity contribution in [3.63, 3.8) is 0 Å². The quantitative estimate of drug-likeness (QED) is 0.872. The minimum atomic E-state index is -3.51. The van der Waals surface area contributed by atoms with Gasteiger partial charge >= 0.3 is 0 Å². The number of carbonyl (C=O) groups is 1. The summed E-state index contributed by atoms with van der Waals surface area (Å²) in [6.07, 6.45) is 1.56. The van der Waals surface area contributed by atoms with Gasteiger partial charge in [0.05, 0.1) is 5.75 Å². The van der Waals surface area contributed by atoms with Gasteiger partial charge in [-0.05, 0) is 43.7 Å². The van der Waals surface area contributed by atoms with Crippen LogP contribution in [0.15, 0.2) is 18.2 Å². The van der Waals surface area contributed by atoms with Gasteiger partial charge in [0.1, 0.15) is 5.75 Å². The summed E-state index contributed by atoms with van der Waals surface area (Å²) < 4.78 is 28.1. The number of hydrogen-bond donors (Lipinski definition) is 1. The second-order valence-corrected chi connectivity index (χ2v) is 7.85. The maximum Gasteiger partial charge on any atom is 0.260 e. The van der Waals surface area contributed by atoms with E-state index in [1.54, 1.807) is 4.90 Å². The third-order valence-electron chi connectivity index (χ3n) is 4.09. The molecular formula is C16H24N2O4S. The van der Waals surface area contributed by atoms with Crippen LogP contribution in [0.25, 0.3) is 0 Å². The van der Waals surface area contributed by atoms with Gasteiger partial charge in [-0.3, -0.25) is 4.79 Å². The minimum absolute atomic E-state index is 0.0339. The zero-order valence-corrected chi connectivity index (χ0v) is 14.4. The number of para-hydroxylation sites is 1. The van der Waals surface area contributed by atoms with Crippen LogP contribution >= 0.6 is 0 Å². The fourth-order valence-electron chi connectivity index (χ4n) is 3.01. The van der Waals surface area contributed by atoms with Crippen molar-refractivity contribution in [1.29, 1.82) is 0 Å². The van der Waals surface area contributed by atoms with Crippen LogP contribution in [0.3, 0.4) is 0 Å². The van der Waals surface area contributed by atoms with Gasteiger partial charge in [0.2, 0.25) is 10.0 Å². The first kappa shape index (κ1) is 17.7. The summed E-state index contributed by atoms with van der Waals surface area (Å²) in [4.78, 5) is 14.0. The fraction of sp³-hybridized carbons (Fsp3) is 0.562. The number of primary sulfonamides is 1. The molecule has 0 unspecified atom stereocenters. The van der Waals surface area contributed by atoms with Gasteiger partial charge in [0.25, 0.3) is 5.91 Å². The number of benzene rings is 1. The Morgan fingerprint density at radius 3 is 2.61 bits per heavy atom. The Balaban J connectivity index is 1.93. The van der Waals surface area contributed by atoms with Gasteiger partial charge in [0, 0.05) is 13.1 Å². The van der Waals surface area contributed by atoms with Crippen molar-refractivity contribution in [2.24, 2.45) is 11.1 Å². The van der Waals surface area contributed by atoms with Crippen LogP contribution in [-0.2, 0) is 14.8 Å². The molecule has 2 N–H and O–H groups in total. The van der Waals surface area contributed by atoms with E-state index in [9.17, 15) is 13.2 Å². The lowest BCUT2D eigenvalue weighted by Crippen LogP contribution is -2.44. The molecule has 1 aromatic carbocycles. The molecule has 128 valence electrons. The van der Waals surface area contributed by atoms with Crippen LogP contribution in [0, 0.1) is 19.8 Å². The van der Waals surface area contributed by atoms with Crippen LogP contribution < -0.4 is 9.88 Å². The average molecular weight is 340 g/mol. The molecule has 0 aromatic heterocycles. The number of rotatable bonds is 5. The van der Waals surface area contributed by atoms with Gasteiger partial charge < -0.3 is 9.64 Å². The molecule has 1 aliphatic heterocycles. The molecule has 1 aromatic rings. The fourth-order valence-corrected chi connectivity index (χ4v) is 3.94.